The number of halogens is 3. The molecular formula is C9H8BrCl2NO. The molecule has 2 nitrogen and oxygen atoms in total. The van der Waals surface area contributed by atoms with Gasteiger partial charge < -0.3 is 5.32 Å². The van der Waals surface area contributed by atoms with E-state index in [-0.39, 0.29) is 4.82 Å². The Kier molecular flexibility index (Phi) is 4.72. The van der Waals surface area contributed by atoms with E-state index in [9.17, 15) is 4.79 Å². The Morgan fingerprint density at radius 2 is 2.07 bits per heavy atom. The molecule has 0 unspecified atom stereocenters. The first-order valence-corrected chi connectivity index (χ1v) is 5.52. The fraction of sp³-hybridized carbons (Fsp3) is 0.222. The minimum absolute atomic E-state index is 0.211. The minimum Gasteiger partial charge on any atom is -0.346 e. The van der Waals surface area contributed by atoms with Gasteiger partial charge in [0.1, 0.15) is 0 Å². The molecule has 0 fully saturated rings. The molecule has 0 aromatic heterocycles. The van der Waals surface area contributed by atoms with Gasteiger partial charge in [0.05, 0.1) is 10.0 Å². The first-order chi connectivity index (χ1) is 6.59. The van der Waals surface area contributed by atoms with Crippen molar-refractivity contribution in [3.63, 3.8) is 0 Å². The molecule has 0 bridgehead atoms. The Hall–Kier alpha value is -0.250. The zero-order chi connectivity index (χ0) is 10.6. The molecule has 0 radical (unpaired) electrons. The Morgan fingerprint density at radius 1 is 1.36 bits per heavy atom. The molecule has 0 spiro atoms. The number of hydrogen-bond donors (Lipinski definition) is 1. The van der Waals surface area contributed by atoms with E-state index in [1.807, 2.05) is 6.07 Å². The monoisotopic (exact) mass is 295 g/mol. The van der Waals surface area contributed by atoms with Gasteiger partial charge in [-0.05, 0) is 24.1 Å². The molecule has 0 saturated heterocycles. The van der Waals surface area contributed by atoms with Gasteiger partial charge >= 0.3 is 0 Å². The van der Waals surface area contributed by atoms with Crippen molar-refractivity contribution < 1.29 is 4.79 Å². The highest BCUT2D eigenvalue weighted by molar-refractivity contribution is 9.18. The normalized spacial score (nSPS) is 9.93. The van der Waals surface area contributed by atoms with Crippen LogP contribution in [0.1, 0.15) is 5.56 Å². The van der Waals surface area contributed by atoms with Crippen molar-refractivity contribution in [3.8, 4) is 0 Å². The third-order valence-electron chi connectivity index (χ3n) is 1.66. The summed E-state index contributed by atoms with van der Waals surface area (Å²) in [6.45, 7) is 0.571. The number of nitrogens with one attached hydrogen (secondary N) is 1. The Bertz CT molecular complexity index is 344. The highest BCUT2D eigenvalue weighted by Gasteiger charge is 1.99. The summed E-state index contributed by atoms with van der Waals surface area (Å²) in [7, 11) is 0. The fourth-order valence-electron chi connectivity index (χ4n) is 1.00. The van der Waals surface area contributed by atoms with Crippen LogP contribution < -0.4 is 5.32 Å². The van der Waals surface area contributed by atoms with E-state index in [1.165, 1.54) is 0 Å². The molecule has 1 rings (SSSR count). The summed E-state index contributed by atoms with van der Waals surface area (Å²) in [4.78, 5) is 10.3. The first-order valence-electron chi connectivity index (χ1n) is 3.97. The second kappa shape index (κ2) is 5.59. The lowest BCUT2D eigenvalue weighted by molar-refractivity contribution is 0.262. The summed E-state index contributed by atoms with van der Waals surface area (Å²) in [5, 5.41) is 3.71. The van der Waals surface area contributed by atoms with Crippen LogP contribution in [0.4, 0.5) is 4.79 Å². The third kappa shape index (κ3) is 3.86. The second-order valence-electron chi connectivity index (χ2n) is 2.70. The van der Waals surface area contributed by atoms with E-state index in [4.69, 9.17) is 23.2 Å². The van der Waals surface area contributed by atoms with Crippen LogP contribution in [0.5, 0.6) is 0 Å². The van der Waals surface area contributed by atoms with Gasteiger partial charge in [-0.2, -0.15) is 0 Å². The van der Waals surface area contributed by atoms with Gasteiger partial charge in [0.2, 0.25) is 0 Å². The summed E-state index contributed by atoms with van der Waals surface area (Å²) in [5.74, 6) is 0. The van der Waals surface area contributed by atoms with Crippen molar-refractivity contribution in [1.29, 1.82) is 0 Å². The lowest BCUT2D eigenvalue weighted by atomic mass is 10.1. The number of carbonyl (C=O) groups excluding carboxylic acids is 1. The molecule has 0 heterocycles. The van der Waals surface area contributed by atoms with Crippen molar-refractivity contribution in [2.24, 2.45) is 0 Å². The number of amides is 1. The van der Waals surface area contributed by atoms with E-state index >= 15 is 0 Å². The summed E-state index contributed by atoms with van der Waals surface area (Å²) < 4.78 is 0. The number of benzene rings is 1. The van der Waals surface area contributed by atoms with Crippen LogP contribution in [0.2, 0.25) is 10.0 Å². The zero-order valence-corrected chi connectivity index (χ0v) is 10.3. The van der Waals surface area contributed by atoms with Crippen molar-refractivity contribution >= 4 is 43.9 Å². The van der Waals surface area contributed by atoms with Crippen LogP contribution in [-0.4, -0.2) is 11.4 Å². The summed E-state index contributed by atoms with van der Waals surface area (Å²) in [6, 6.07) is 5.42. The number of hydrogen-bond acceptors (Lipinski definition) is 1. The lowest BCUT2D eigenvalue weighted by Gasteiger charge is -2.03. The van der Waals surface area contributed by atoms with Crippen LogP contribution in [0.3, 0.4) is 0 Å². The van der Waals surface area contributed by atoms with Crippen LogP contribution >= 0.6 is 39.1 Å². The van der Waals surface area contributed by atoms with Crippen molar-refractivity contribution in [3.05, 3.63) is 33.8 Å². The van der Waals surface area contributed by atoms with Crippen molar-refractivity contribution in [2.75, 3.05) is 6.54 Å². The topological polar surface area (TPSA) is 29.1 Å². The largest absolute Gasteiger partial charge is 0.346 e. The van der Waals surface area contributed by atoms with Gasteiger partial charge in [0, 0.05) is 22.5 Å². The van der Waals surface area contributed by atoms with Crippen molar-refractivity contribution in [1.82, 2.24) is 5.32 Å². The molecule has 0 aliphatic carbocycles. The molecule has 1 aromatic rings. The van der Waals surface area contributed by atoms with Gasteiger partial charge in [0.15, 0.2) is 0 Å². The summed E-state index contributed by atoms with van der Waals surface area (Å²) in [5.41, 5.74) is 1.04. The Morgan fingerprint density at radius 3 is 2.64 bits per heavy atom. The van der Waals surface area contributed by atoms with Gasteiger partial charge in [0.25, 0.3) is 4.82 Å². The lowest BCUT2D eigenvalue weighted by Crippen LogP contribution is -2.18. The summed E-state index contributed by atoms with van der Waals surface area (Å²) in [6.07, 6.45) is 0.730. The average Bonchev–Trinajstić information content (AvgIpc) is 2.10. The maximum atomic E-state index is 10.5. The Labute approximate surface area is 101 Å². The molecule has 0 aliphatic heterocycles. The van der Waals surface area contributed by atoms with E-state index in [1.54, 1.807) is 12.1 Å². The van der Waals surface area contributed by atoms with Gasteiger partial charge in [-0.15, -0.1) is 0 Å². The van der Waals surface area contributed by atoms with Crippen LogP contribution in [0.15, 0.2) is 18.2 Å². The SMILES string of the molecule is O=C(Br)NCCc1ccc(Cl)c(Cl)c1. The van der Waals surface area contributed by atoms with Crippen LogP contribution in [-0.2, 0) is 6.42 Å². The number of rotatable bonds is 3. The van der Waals surface area contributed by atoms with E-state index in [0.29, 0.717) is 16.6 Å². The smallest absolute Gasteiger partial charge is 0.287 e. The highest BCUT2D eigenvalue weighted by Crippen LogP contribution is 2.22. The predicted octanol–water partition coefficient (Wildman–Crippen LogP) is 3.64. The molecule has 0 saturated carbocycles. The van der Waals surface area contributed by atoms with Crippen molar-refractivity contribution in [2.45, 2.75) is 6.42 Å². The van der Waals surface area contributed by atoms with E-state index < -0.39 is 0 Å². The molecular weight excluding hydrogens is 289 g/mol. The summed E-state index contributed by atoms with van der Waals surface area (Å²) >= 11 is 14.4. The quantitative estimate of drug-likeness (QED) is 0.670. The maximum Gasteiger partial charge on any atom is 0.287 e. The molecule has 0 aliphatic rings. The zero-order valence-electron chi connectivity index (χ0n) is 7.19. The fourth-order valence-corrected chi connectivity index (χ4v) is 1.52. The van der Waals surface area contributed by atoms with Gasteiger partial charge in [-0.25, -0.2) is 0 Å². The first kappa shape index (κ1) is 11.8. The second-order valence-corrected chi connectivity index (χ2v) is 4.23. The van der Waals surface area contributed by atoms with E-state index in [0.717, 1.165) is 12.0 Å². The molecule has 1 aromatic carbocycles. The molecule has 0 atom stereocenters. The average molecular weight is 297 g/mol. The predicted molar refractivity (Wildman–Crippen MR) is 62.5 cm³/mol. The molecule has 14 heavy (non-hydrogen) atoms. The molecule has 1 amide bonds. The Balaban J connectivity index is 2.51. The van der Waals surface area contributed by atoms with Gasteiger partial charge in [-0.1, -0.05) is 29.3 Å². The standard InChI is InChI=1S/C9H8BrCl2NO/c10-9(14)13-4-3-6-1-2-7(11)8(12)5-6/h1-2,5H,3-4H2,(H,13,14). The molecule has 76 valence electrons. The van der Waals surface area contributed by atoms with Crippen LogP contribution in [0.25, 0.3) is 0 Å². The minimum atomic E-state index is -0.211. The van der Waals surface area contributed by atoms with Gasteiger partial charge in [-0.3, -0.25) is 4.79 Å². The van der Waals surface area contributed by atoms with Crippen LogP contribution in [0, 0.1) is 0 Å². The number of carbonyl (C=O) groups is 1. The highest BCUT2D eigenvalue weighted by atomic mass is 79.9. The maximum absolute atomic E-state index is 10.5. The third-order valence-corrected chi connectivity index (χ3v) is 2.68. The molecule has 5 heteroatoms. The van der Waals surface area contributed by atoms with E-state index in [2.05, 4.69) is 21.2 Å². The molecule has 1 N–H and O–H groups in total.